The summed E-state index contributed by atoms with van der Waals surface area (Å²) in [5.74, 6) is 1.27. The Hall–Kier alpha value is -2.66. The maximum Gasteiger partial charge on any atom is 0.257 e. The third-order valence-corrected chi connectivity index (χ3v) is 3.77. The van der Waals surface area contributed by atoms with Crippen molar-refractivity contribution in [3.63, 3.8) is 0 Å². The first-order valence-corrected chi connectivity index (χ1v) is 8.16. The average Bonchev–Trinajstić information content (AvgIpc) is 2.59. The van der Waals surface area contributed by atoms with Crippen molar-refractivity contribution in [1.29, 1.82) is 0 Å². The maximum atomic E-state index is 12.2. The van der Waals surface area contributed by atoms with Crippen LogP contribution in [0, 0.1) is 6.92 Å². The van der Waals surface area contributed by atoms with Crippen molar-refractivity contribution in [3.05, 3.63) is 82.6 Å². The Balaban J connectivity index is 1.66. The van der Waals surface area contributed by atoms with E-state index in [1.165, 1.54) is 11.8 Å². The van der Waals surface area contributed by atoms with Gasteiger partial charge < -0.3 is 10.1 Å². The Labute approximate surface area is 148 Å². The molecular formula is C19H15BrN2O2. The molecule has 1 aromatic heterocycles. The van der Waals surface area contributed by atoms with Gasteiger partial charge in [0.2, 0.25) is 0 Å². The number of hydrogen-bond acceptors (Lipinski definition) is 3. The molecule has 3 aromatic rings. The summed E-state index contributed by atoms with van der Waals surface area (Å²) in [5, 5.41) is 2.83. The van der Waals surface area contributed by atoms with E-state index in [4.69, 9.17) is 4.74 Å². The number of anilines is 1. The summed E-state index contributed by atoms with van der Waals surface area (Å²) in [4.78, 5) is 16.2. The zero-order valence-corrected chi connectivity index (χ0v) is 14.6. The highest BCUT2D eigenvalue weighted by Crippen LogP contribution is 2.23. The van der Waals surface area contributed by atoms with E-state index in [-0.39, 0.29) is 5.91 Å². The van der Waals surface area contributed by atoms with E-state index in [9.17, 15) is 4.79 Å². The van der Waals surface area contributed by atoms with Crippen molar-refractivity contribution >= 4 is 27.5 Å². The third-order valence-electron chi connectivity index (χ3n) is 3.34. The monoisotopic (exact) mass is 382 g/mol. The number of nitrogens with zero attached hydrogens (tertiary/aromatic N) is 1. The van der Waals surface area contributed by atoms with Crippen LogP contribution in [0.2, 0.25) is 0 Å². The van der Waals surface area contributed by atoms with Gasteiger partial charge in [0.15, 0.2) is 0 Å². The molecule has 5 heteroatoms. The molecule has 0 bridgehead atoms. The van der Waals surface area contributed by atoms with Crippen LogP contribution >= 0.6 is 15.9 Å². The number of amides is 1. The lowest BCUT2D eigenvalue weighted by molar-refractivity contribution is 0.102. The molecule has 0 radical (unpaired) electrons. The number of pyridine rings is 1. The van der Waals surface area contributed by atoms with E-state index in [0.717, 1.165) is 10.2 Å². The molecule has 24 heavy (non-hydrogen) atoms. The summed E-state index contributed by atoms with van der Waals surface area (Å²) in [7, 11) is 0. The minimum Gasteiger partial charge on any atom is -0.457 e. The van der Waals surface area contributed by atoms with Crippen molar-refractivity contribution < 1.29 is 9.53 Å². The van der Waals surface area contributed by atoms with Crippen molar-refractivity contribution in [2.24, 2.45) is 0 Å². The molecule has 3 rings (SSSR count). The summed E-state index contributed by atoms with van der Waals surface area (Å²) in [6.07, 6.45) is 3.16. The Bertz CT molecular complexity index is 846. The first-order valence-electron chi connectivity index (χ1n) is 7.37. The fraction of sp³-hybridized carbons (Fsp3) is 0.0526. The first kappa shape index (κ1) is 16.2. The fourth-order valence-electron chi connectivity index (χ4n) is 2.09. The molecule has 0 aliphatic rings. The van der Waals surface area contributed by atoms with E-state index in [0.29, 0.717) is 17.0 Å². The number of carbonyl (C=O) groups excluding carboxylic acids is 1. The van der Waals surface area contributed by atoms with Crippen LogP contribution in [-0.4, -0.2) is 10.9 Å². The predicted molar refractivity (Wildman–Crippen MR) is 97.6 cm³/mol. The number of rotatable bonds is 4. The molecule has 120 valence electrons. The molecule has 1 N–H and O–H groups in total. The molecule has 0 aliphatic heterocycles. The van der Waals surface area contributed by atoms with E-state index in [1.807, 2.05) is 43.3 Å². The number of halogens is 1. The second kappa shape index (κ2) is 7.27. The van der Waals surface area contributed by atoms with Crippen molar-refractivity contribution in [2.45, 2.75) is 6.92 Å². The van der Waals surface area contributed by atoms with E-state index in [1.54, 1.807) is 24.4 Å². The summed E-state index contributed by atoms with van der Waals surface area (Å²) in [6.45, 7) is 2.03. The van der Waals surface area contributed by atoms with E-state index >= 15 is 0 Å². The predicted octanol–water partition coefficient (Wildman–Crippen LogP) is 5.20. The van der Waals surface area contributed by atoms with Gasteiger partial charge in [0.1, 0.15) is 11.5 Å². The quantitative estimate of drug-likeness (QED) is 0.674. The molecule has 0 fully saturated rings. The highest BCUT2D eigenvalue weighted by molar-refractivity contribution is 9.10. The fourth-order valence-corrected chi connectivity index (χ4v) is 2.45. The summed E-state index contributed by atoms with van der Waals surface area (Å²) in [6, 6.07) is 16.8. The number of aryl methyl sites for hydroxylation is 1. The van der Waals surface area contributed by atoms with Gasteiger partial charge in [-0.25, -0.2) is 0 Å². The molecule has 0 atom stereocenters. The zero-order valence-electron chi connectivity index (χ0n) is 13.0. The van der Waals surface area contributed by atoms with Gasteiger partial charge in [-0.1, -0.05) is 17.7 Å². The van der Waals surface area contributed by atoms with Gasteiger partial charge in [-0.3, -0.25) is 9.78 Å². The summed E-state index contributed by atoms with van der Waals surface area (Å²) in [5.41, 5.74) is 2.36. The van der Waals surface area contributed by atoms with Crippen LogP contribution in [0.5, 0.6) is 11.5 Å². The van der Waals surface area contributed by atoms with Crippen LogP contribution in [0.1, 0.15) is 15.9 Å². The highest BCUT2D eigenvalue weighted by Gasteiger charge is 2.07. The van der Waals surface area contributed by atoms with Crippen LogP contribution in [0.15, 0.2) is 71.5 Å². The number of nitrogens with one attached hydrogen (secondary N) is 1. The number of aromatic nitrogens is 1. The van der Waals surface area contributed by atoms with Gasteiger partial charge in [-0.15, -0.1) is 0 Å². The van der Waals surface area contributed by atoms with Gasteiger partial charge in [-0.05, 0) is 65.3 Å². The molecule has 0 saturated heterocycles. The molecule has 4 nitrogen and oxygen atoms in total. The molecule has 2 aromatic carbocycles. The van der Waals surface area contributed by atoms with Crippen LogP contribution in [0.4, 0.5) is 5.69 Å². The maximum absolute atomic E-state index is 12.2. The second-order valence-corrected chi connectivity index (χ2v) is 6.20. The normalized spacial score (nSPS) is 10.2. The highest BCUT2D eigenvalue weighted by atomic mass is 79.9. The lowest BCUT2D eigenvalue weighted by Crippen LogP contribution is -2.12. The smallest absolute Gasteiger partial charge is 0.257 e. The lowest BCUT2D eigenvalue weighted by atomic mass is 10.2. The average molecular weight is 383 g/mol. The third kappa shape index (κ3) is 4.20. The Morgan fingerprint density at radius 1 is 1.00 bits per heavy atom. The molecule has 1 heterocycles. The molecule has 0 unspecified atom stereocenters. The first-order chi connectivity index (χ1) is 11.6. The second-order valence-electron chi connectivity index (χ2n) is 5.29. The van der Waals surface area contributed by atoms with Gasteiger partial charge in [-0.2, -0.15) is 0 Å². The molecule has 0 spiro atoms. The number of hydrogen-bond donors (Lipinski definition) is 1. The number of ether oxygens (including phenoxy) is 1. The van der Waals surface area contributed by atoms with E-state index in [2.05, 4.69) is 26.2 Å². The van der Waals surface area contributed by atoms with E-state index < -0.39 is 0 Å². The Morgan fingerprint density at radius 2 is 1.62 bits per heavy atom. The van der Waals surface area contributed by atoms with Crippen LogP contribution in [0.3, 0.4) is 0 Å². The summed E-state index contributed by atoms with van der Waals surface area (Å²) < 4.78 is 6.53. The van der Waals surface area contributed by atoms with Gasteiger partial charge in [0, 0.05) is 22.6 Å². The SMILES string of the molecule is Cc1ccc(Oc2ccc(NC(=O)c3cncc(Br)c3)cc2)cc1. The molecule has 1 amide bonds. The zero-order chi connectivity index (χ0) is 16.9. The number of benzene rings is 2. The lowest BCUT2D eigenvalue weighted by Gasteiger charge is -2.08. The van der Waals surface area contributed by atoms with Gasteiger partial charge in [0.05, 0.1) is 5.56 Å². The number of carbonyl (C=O) groups is 1. The van der Waals surface area contributed by atoms with Crippen LogP contribution in [0.25, 0.3) is 0 Å². The Kier molecular flexibility index (Phi) is 4.91. The minimum atomic E-state index is -0.212. The van der Waals surface area contributed by atoms with Gasteiger partial charge in [0.25, 0.3) is 5.91 Å². The topological polar surface area (TPSA) is 51.2 Å². The largest absolute Gasteiger partial charge is 0.457 e. The van der Waals surface area contributed by atoms with Crippen LogP contribution < -0.4 is 10.1 Å². The Morgan fingerprint density at radius 3 is 2.25 bits per heavy atom. The van der Waals surface area contributed by atoms with Crippen molar-refractivity contribution in [3.8, 4) is 11.5 Å². The molecule has 0 aliphatic carbocycles. The molecular weight excluding hydrogens is 368 g/mol. The minimum absolute atomic E-state index is 0.212. The summed E-state index contributed by atoms with van der Waals surface area (Å²) >= 11 is 3.30. The standard InChI is InChI=1S/C19H15BrN2O2/c1-13-2-6-17(7-3-13)24-18-8-4-16(5-9-18)22-19(23)14-10-15(20)12-21-11-14/h2-12H,1H3,(H,22,23). The van der Waals surface area contributed by atoms with Crippen LogP contribution in [-0.2, 0) is 0 Å². The van der Waals surface area contributed by atoms with Gasteiger partial charge >= 0.3 is 0 Å². The molecule has 0 saturated carbocycles. The van der Waals surface area contributed by atoms with Crippen molar-refractivity contribution in [2.75, 3.05) is 5.32 Å². The van der Waals surface area contributed by atoms with Crippen molar-refractivity contribution in [1.82, 2.24) is 4.98 Å².